The molecule has 1 aromatic heterocycles. The first-order valence-electron chi connectivity index (χ1n) is 4.18. The lowest BCUT2D eigenvalue weighted by molar-refractivity contribution is -0.139. The van der Waals surface area contributed by atoms with Crippen LogP contribution in [0.3, 0.4) is 0 Å². The lowest BCUT2D eigenvalue weighted by atomic mass is 10.0. The van der Waals surface area contributed by atoms with Crippen LogP contribution in [0, 0.1) is 15.0 Å². The Balaban J connectivity index is 3.54. The van der Waals surface area contributed by atoms with E-state index < -0.39 is 30.1 Å². The Bertz CT molecular complexity index is 464. The van der Waals surface area contributed by atoms with Gasteiger partial charge < -0.3 is 0 Å². The largest absolute Gasteiger partial charge is 0.418 e. The molecule has 8 heteroatoms. The zero-order valence-electron chi connectivity index (χ0n) is 8.02. The molecule has 0 radical (unpaired) electrons. The minimum Gasteiger partial charge on any atom is -0.249 e. The molecule has 0 atom stereocenters. The van der Waals surface area contributed by atoms with Crippen LogP contribution in [0.5, 0.6) is 0 Å². The molecule has 1 heterocycles. The molecule has 92 valence electrons. The van der Waals surface area contributed by atoms with E-state index in [1.54, 1.807) is 6.07 Å². The Kier molecular flexibility index (Phi) is 4.24. The van der Waals surface area contributed by atoms with Gasteiger partial charge in [0.2, 0.25) is 0 Å². The molecule has 2 nitrogen and oxygen atoms in total. The summed E-state index contributed by atoms with van der Waals surface area (Å²) in [6.07, 6.45) is -8.38. The van der Waals surface area contributed by atoms with Gasteiger partial charge in [-0.1, -0.05) is 0 Å². The molecule has 0 bridgehead atoms. The van der Waals surface area contributed by atoms with Crippen LogP contribution in [0.4, 0.5) is 22.0 Å². The lowest BCUT2D eigenvalue weighted by Gasteiger charge is -2.15. The second kappa shape index (κ2) is 5.12. The van der Waals surface area contributed by atoms with Crippen molar-refractivity contribution in [2.45, 2.75) is 19.0 Å². The normalized spacial score (nSPS) is 11.6. The van der Waals surface area contributed by atoms with Gasteiger partial charge in [-0.2, -0.15) is 18.4 Å². The molecular formula is C9H4F5IN2. The Morgan fingerprint density at radius 3 is 2.41 bits per heavy atom. The average Bonchev–Trinajstić information content (AvgIpc) is 2.18. The molecule has 0 spiro atoms. The summed E-state index contributed by atoms with van der Waals surface area (Å²) >= 11 is 1.52. The fraction of sp³-hybridized carbons (Fsp3) is 0.333. The summed E-state index contributed by atoms with van der Waals surface area (Å²) in [6.45, 7) is 0. The first-order chi connectivity index (χ1) is 7.79. The molecule has 0 aliphatic heterocycles. The topological polar surface area (TPSA) is 36.7 Å². The number of nitriles is 1. The molecule has 0 aromatic carbocycles. The maximum atomic E-state index is 12.7. The number of hydrogen-bond acceptors (Lipinski definition) is 2. The molecule has 0 aliphatic carbocycles. The van der Waals surface area contributed by atoms with Gasteiger partial charge in [0.25, 0.3) is 6.43 Å². The quantitative estimate of drug-likeness (QED) is 0.457. The highest BCUT2D eigenvalue weighted by atomic mass is 127. The maximum Gasteiger partial charge on any atom is 0.418 e. The van der Waals surface area contributed by atoms with Crippen molar-refractivity contribution >= 4 is 22.6 Å². The highest BCUT2D eigenvalue weighted by Gasteiger charge is 2.38. The Hall–Kier alpha value is -0.980. The van der Waals surface area contributed by atoms with Crippen LogP contribution in [0.1, 0.15) is 23.1 Å². The third-order valence-corrected chi connectivity index (χ3v) is 2.88. The summed E-state index contributed by atoms with van der Waals surface area (Å²) in [6, 6.07) is 1.55. The smallest absolute Gasteiger partial charge is 0.249 e. The van der Waals surface area contributed by atoms with Crippen LogP contribution >= 0.6 is 22.6 Å². The number of rotatable bonds is 2. The molecule has 0 aliphatic rings. The third-order valence-electron chi connectivity index (χ3n) is 1.95. The van der Waals surface area contributed by atoms with Crippen molar-refractivity contribution in [3.8, 4) is 6.07 Å². The van der Waals surface area contributed by atoms with Gasteiger partial charge in [0.1, 0.15) is 3.70 Å². The number of halogens is 6. The van der Waals surface area contributed by atoms with Crippen LogP contribution in [-0.4, -0.2) is 4.98 Å². The zero-order valence-corrected chi connectivity index (χ0v) is 10.2. The SMILES string of the molecule is N#CCc1c(I)ncc(C(F)(F)F)c1C(F)F. The van der Waals surface area contributed by atoms with Crippen molar-refractivity contribution in [1.82, 2.24) is 4.98 Å². The van der Waals surface area contributed by atoms with E-state index in [0.29, 0.717) is 6.20 Å². The van der Waals surface area contributed by atoms with Crippen molar-refractivity contribution in [1.29, 1.82) is 5.26 Å². The Morgan fingerprint density at radius 1 is 1.41 bits per heavy atom. The van der Waals surface area contributed by atoms with Crippen LogP contribution in [0.2, 0.25) is 0 Å². The summed E-state index contributed by atoms with van der Waals surface area (Å²) in [4.78, 5) is 3.39. The maximum absolute atomic E-state index is 12.7. The summed E-state index contributed by atoms with van der Waals surface area (Å²) in [7, 11) is 0. The molecule has 0 amide bonds. The molecule has 0 fully saturated rings. The second-order valence-corrected chi connectivity index (χ2v) is 4.01. The molecule has 0 saturated carbocycles. The fourth-order valence-electron chi connectivity index (χ4n) is 1.26. The van der Waals surface area contributed by atoms with Gasteiger partial charge >= 0.3 is 6.18 Å². The van der Waals surface area contributed by atoms with Gasteiger partial charge in [0.15, 0.2) is 0 Å². The Morgan fingerprint density at radius 2 is 2.00 bits per heavy atom. The van der Waals surface area contributed by atoms with Crippen molar-refractivity contribution < 1.29 is 22.0 Å². The fourth-order valence-corrected chi connectivity index (χ4v) is 1.89. The van der Waals surface area contributed by atoms with Gasteiger partial charge in [-0.05, 0) is 22.6 Å². The number of aromatic nitrogens is 1. The predicted octanol–water partition coefficient (Wildman–Crippen LogP) is 3.71. The molecule has 17 heavy (non-hydrogen) atoms. The van der Waals surface area contributed by atoms with E-state index in [0.717, 1.165) is 0 Å². The lowest BCUT2D eigenvalue weighted by Crippen LogP contribution is -2.14. The molecule has 1 aromatic rings. The van der Waals surface area contributed by atoms with E-state index in [2.05, 4.69) is 4.98 Å². The van der Waals surface area contributed by atoms with E-state index in [9.17, 15) is 22.0 Å². The average molecular weight is 362 g/mol. The van der Waals surface area contributed by atoms with E-state index in [4.69, 9.17) is 5.26 Å². The first kappa shape index (κ1) is 14.1. The number of nitrogens with zero attached hydrogens (tertiary/aromatic N) is 2. The first-order valence-corrected chi connectivity index (χ1v) is 5.26. The van der Waals surface area contributed by atoms with Crippen LogP contribution < -0.4 is 0 Å². The minimum absolute atomic E-state index is 0.0209. The van der Waals surface area contributed by atoms with E-state index >= 15 is 0 Å². The summed E-state index contributed by atoms with van der Waals surface area (Å²) in [5, 5.41) is 8.44. The summed E-state index contributed by atoms with van der Waals surface area (Å²) in [5.41, 5.74) is -3.01. The number of hydrogen-bond donors (Lipinski definition) is 0. The third kappa shape index (κ3) is 3.02. The number of pyridine rings is 1. The van der Waals surface area contributed by atoms with Crippen LogP contribution in [0.25, 0.3) is 0 Å². The monoisotopic (exact) mass is 362 g/mol. The zero-order chi connectivity index (χ0) is 13.2. The van der Waals surface area contributed by atoms with Gasteiger partial charge in [-0.3, -0.25) is 0 Å². The van der Waals surface area contributed by atoms with E-state index in [1.807, 2.05) is 0 Å². The minimum atomic E-state index is -4.91. The van der Waals surface area contributed by atoms with Crippen molar-refractivity contribution in [2.24, 2.45) is 0 Å². The van der Waals surface area contributed by atoms with Gasteiger partial charge in [0.05, 0.1) is 18.1 Å². The van der Waals surface area contributed by atoms with Crippen LogP contribution in [0.15, 0.2) is 6.20 Å². The van der Waals surface area contributed by atoms with Crippen molar-refractivity contribution in [3.05, 3.63) is 26.6 Å². The van der Waals surface area contributed by atoms with Gasteiger partial charge in [-0.15, -0.1) is 0 Å². The molecule has 1 rings (SSSR count). The van der Waals surface area contributed by atoms with Crippen molar-refractivity contribution in [3.63, 3.8) is 0 Å². The van der Waals surface area contributed by atoms with Gasteiger partial charge in [-0.25, -0.2) is 13.8 Å². The second-order valence-electron chi connectivity index (χ2n) is 2.99. The molecular weight excluding hydrogens is 358 g/mol. The summed E-state index contributed by atoms with van der Waals surface area (Å²) in [5.74, 6) is 0. The van der Waals surface area contributed by atoms with Gasteiger partial charge in [0, 0.05) is 17.3 Å². The standard InChI is InChI=1S/C9H4F5IN2/c10-7(11)6-4(1-2-16)8(15)17-3-5(6)9(12,13)14/h3,7H,1H2. The molecule has 0 saturated heterocycles. The highest BCUT2D eigenvalue weighted by Crippen LogP contribution is 2.38. The summed E-state index contributed by atoms with van der Waals surface area (Å²) < 4.78 is 62.8. The van der Waals surface area contributed by atoms with E-state index in [-0.39, 0.29) is 9.26 Å². The highest BCUT2D eigenvalue weighted by molar-refractivity contribution is 14.1. The predicted molar refractivity (Wildman–Crippen MR) is 56.2 cm³/mol. The molecule has 0 N–H and O–H groups in total. The van der Waals surface area contributed by atoms with Crippen LogP contribution in [-0.2, 0) is 12.6 Å². The van der Waals surface area contributed by atoms with E-state index in [1.165, 1.54) is 22.6 Å². The number of alkyl halides is 5. The van der Waals surface area contributed by atoms with Crippen molar-refractivity contribution in [2.75, 3.05) is 0 Å². The molecule has 0 unspecified atom stereocenters. The Labute approximate surface area is 107 Å².